The Kier molecular flexibility index (Phi) is 5.35. The van der Waals surface area contributed by atoms with E-state index in [0.29, 0.717) is 0 Å². The molecular formula is C10H15NO5. The third kappa shape index (κ3) is 4.68. The van der Waals surface area contributed by atoms with Crippen LogP contribution in [0.25, 0.3) is 0 Å². The Labute approximate surface area is 93.6 Å². The number of hydrogen-bond acceptors (Lipinski definition) is 6. The molecule has 0 spiro atoms. The molecule has 0 aliphatic rings. The van der Waals surface area contributed by atoms with Crippen molar-refractivity contribution >= 4 is 23.8 Å². The first-order valence-electron chi connectivity index (χ1n) is 4.63. The summed E-state index contributed by atoms with van der Waals surface area (Å²) in [5.74, 6) is -0.614. The summed E-state index contributed by atoms with van der Waals surface area (Å²) in [7, 11) is 0. The van der Waals surface area contributed by atoms with E-state index in [1.54, 1.807) is 0 Å². The number of carbonyl (C=O) groups is 3. The fourth-order valence-corrected chi connectivity index (χ4v) is 0.539. The van der Waals surface area contributed by atoms with Gasteiger partial charge >= 0.3 is 0 Å². The Bertz CT molecular complexity index is 319. The van der Waals surface area contributed by atoms with Gasteiger partial charge in [-0.25, -0.2) is 0 Å². The summed E-state index contributed by atoms with van der Waals surface area (Å²) >= 11 is 0. The summed E-state index contributed by atoms with van der Waals surface area (Å²) in [6, 6.07) is 0. The molecule has 6 nitrogen and oxygen atoms in total. The van der Waals surface area contributed by atoms with Crippen LogP contribution in [-0.2, 0) is 24.0 Å². The second kappa shape index (κ2) is 5.99. The van der Waals surface area contributed by atoms with Crippen molar-refractivity contribution in [3.8, 4) is 0 Å². The lowest BCUT2D eigenvalue weighted by atomic mass is 10.1. The van der Waals surface area contributed by atoms with Crippen molar-refractivity contribution in [3.05, 3.63) is 0 Å². The molecular weight excluding hydrogens is 214 g/mol. The third-order valence-corrected chi connectivity index (χ3v) is 1.93. The van der Waals surface area contributed by atoms with E-state index in [1.165, 1.54) is 27.7 Å². The number of hydrogen-bond donors (Lipinski definition) is 0. The quantitative estimate of drug-likeness (QED) is 0.360. The maximum Gasteiger partial charge on any atom is 0.293 e. The van der Waals surface area contributed by atoms with Crippen LogP contribution >= 0.6 is 0 Å². The van der Waals surface area contributed by atoms with Gasteiger partial charge in [-0.15, -0.1) is 0 Å². The van der Waals surface area contributed by atoms with Crippen molar-refractivity contribution in [2.45, 2.75) is 33.3 Å². The molecule has 0 rings (SSSR count). The average Bonchev–Trinajstić information content (AvgIpc) is 2.16. The van der Waals surface area contributed by atoms with Gasteiger partial charge < -0.3 is 9.57 Å². The summed E-state index contributed by atoms with van der Waals surface area (Å²) in [6.45, 7) is 5.59. The van der Waals surface area contributed by atoms with E-state index < -0.39 is 5.60 Å². The van der Waals surface area contributed by atoms with E-state index in [-0.39, 0.29) is 30.4 Å². The van der Waals surface area contributed by atoms with Crippen LogP contribution in [0.3, 0.4) is 0 Å². The fraction of sp³-hybridized carbons (Fsp3) is 0.600. The van der Waals surface area contributed by atoms with Crippen LogP contribution in [0.15, 0.2) is 5.16 Å². The van der Waals surface area contributed by atoms with Gasteiger partial charge in [0.05, 0.1) is 0 Å². The molecule has 16 heavy (non-hydrogen) atoms. The van der Waals surface area contributed by atoms with Gasteiger partial charge in [0.1, 0.15) is 6.61 Å². The largest absolute Gasteiger partial charge is 0.461 e. The number of ether oxygens (including phenoxy) is 1. The number of rotatable bonds is 7. The van der Waals surface area contributed by atoms with E-state index in [1.807, 2.05) is 0 Å². The van der Waals surface area contributed by atoms with Crippen LogP contribution < -0.4 is 0 Å². The van der Waals surface area contributed by atoms with E-state index in [9.17, 15) is 14.4 Å². The summed E-state index contributed by atoms with van der Waals surface area (Å²) in [4.78, 5) is 37.0. The molecule has 0 heterocycles. The van der Waals surface area contributed by atoms with Gasteiger partial charge in [0.2, 0.25) is 0 Å². The molecule has 0 aromatic heterocycles. The Morgan fingerprint density at radius 3 is 2.25 bits per heavy atom. The zero-order chi connectivity index (χ0) is 12.8. The lowest BCUT2D eigenvalue weighted by Crippen LogP contribution is -2.32. The SMILES string of the molecule is CC(=O)/C(COC=O)=N/OC(C)(C)C(C)=O. The molecule has 0 amide bonds. The Morgan fingerprint density at radius 2 is 1.88 bits per heavy atom. The molecule has 0 radical (unpaired) electrons. The second-order valence-corrected chi connectivity index (χ2v) is 3.66. The zero-order valence-corrected chi connectivity index (χ0v) is 9.77. The molecule has 0 fully saturated rings. The predicted molar refractivity (Wildman–Crippen MR) is 56.0 cm³/mol. The van der Waals surface area contributed by atoms with Crippen molar-refractivity contribution in [2.24, 2.45) is 5.16 Å². The van der Waals surface area contributed by atoms with Gasteiger partial charge in [-0.05, 0) is 20.8 Å². The highest BCUT2D eigenvalue weighted by atomic mass is 16.7. The molecule has 0 aromatic carbocycles. The summed E-state index contributed by atoms with van der Waals surface area (Å²) in [5.41, 5.74) is -1.16. The maximum absolute atomic E-state index is 11.1. The normalized spacial score (nSPS) is 11.9. The second-order valence-electron chi connectivity index (χ2n) is 3.66. The predicted octanol–water partition coefficient (Wildman–Crippen LogP) is 0.489. The number of carbonyl (C=O) groups excluding carboxylic acids is 3. The molecule has 0 aliphatic carbocycles. The number of oxime groups is 1. The number of nitrogens with zero attached hydrogens (tertiary/aromatic N) is 1. The first-order valence-corrected chi connectivity index (χ1v) is 4.63. The van der Waals surface area contributed by atoms with Crippen LogP contribution in [-0.4, -0.2) is 36.0 Å². The Hall–Kier alpha value is -1.72. The minimum Gasteiger partial charge on any atom is -0.461 e. The minimum atomic E-state index is -1.11. The van der Waals surface area contributed by atoms with E-state index in [0.717, 1.165) is 0 Å². The van der Waals surface area contributed by atoms with Crippen molar-refractivity contribution in [1.29, 1.82) is 0 Å². The zero-order valence-electron chi connectivity index (χ0n) is 9.77. The molecule has 90 valence electrons. The van der Waals surface area contributed by atoms with Crippen molar-refractivity contribution in [3.63, 3.8) is 0 Å². The van der Waals surface area contributed by atoms with Crippen molar-refractivity contribution < 1.29 is 24.0 Å². The van der Waals surface area contributed by atoms with Gasteiger partial charge in [-0.1, -0.05) is 5.16 Å². The van der Waals surface area contributed by atoms with Gasteiger partial charge in [0.25, 0.3) is 6.47 Å². The van der Waals surface area contributed by atoms with Gasteiger partial charge in [-0.3, -0.25) is 14.4 Å². The molecule has 0 aromatic rings. The van der Waals surface area contributed by atoms with Crippen LogP contribution in [0.5, 0.6) is 0 Å². The van der Waals surface area contributed by atoms with E-state index >= 15 is 0 Å². The standard InChI is InChI=1S/C10H15NO5/c1-7(13)9(5-15-6-12)11-16-10(3,4)8(2)14/h6H,5H2,1-4H3/b11-9+. The van der Waals surface area contributed by atoms with Crippen molar-refractivity contribution in [1.82, 2.24) is 0 Å². The molecule has 0 N–H and O–H groups in total. The smallest absolute Gasteiger partial charge is 0.293 e. The van der Waals surface area contributed by atoms with Crippen LogP contribution in [0.2, 0.25) is 0 Å². The van der Waals surface area contributed by atoms with Crippen molar-refractivity contribution in [2.75, 3.05) is 6.61 Å². The van der Waals surface area contributed by atoms with Gasteiger partial charge in [0.15, 0.2) is 22.9 Å². The van der Waals surface area contributed by atoms with Gasteiger partial charge in [0, 0.05) is 6.92 Å². The molecule has 0 saturated carbocycles. The lowest BCUT2D eigenvalue weighted by molar-refractivity contribution is -0.138. The number of Topliss-reactive ketones (excluding diaryl/α,β-unsaturated/α-hetero) is 2. The highest BCUT2D eigenvalue weighted by Crippen LogP contribution is 2.10. The monoisotopic (exact) mass is 229 g/mol. The lowest BCUT2D eigenvalue weighted by Gasteiger charge is -2.18. The molecule has 0 atom stereocenters. The van der Waals surface area contributed by atoms with Crippen LogP contribution in [0.1, 0.15) is 27.7 Å². The average molecular weight is 229 g/mol. The summed E-state index contributed by atoms with van der Waals surface area (Å²) in [6.07, 6.45) is 0. The van der Waals surface area contributed by atoms with Gasteiger partial charge in [-0.2, -0.15) is 0 Å². The highest BCUT2D eigenvalue weighted by molar-refractivity contribution is 6.39. The molecule has 6 heteroatoms. The third-order valence-electron chi connectivity index (χ3n) is 1.93. The van der Waals surface area contributed by atoms with Crippen LogP contribution in [0, 0.1) is 0 Å². The van der Waals surface area contributed by atoms with E-state index in [2.05, 4.69) is 9.89 Å². The van der Waals surface area contributed by atoms with Crippen LogP contribution in [0.4, 0.5) is 0 Å². The summed E-state index contributed by atoms with van der Waals surface area (Å²) in [5, 5.41) is 3.52. The Balaban J connectivity index is 4.62. The molecule has 0 saturated heterocycles. The minimum absolute atomic E-state index is 0.0542. The molecule has 0 aliphatic heterocycles. The van der Waals surface area contributed by atoms with E-state index in [4.69, 9.17) is 4.84 Å². The first-order chi connectivity index (χ1) is 7.31. The topological polar surface area (TPSA) is 82.0 Å². The Morgan fingerprint density at radius 1 is 1.31 bits per heavy atom. The summed E-state index contributed by atoms with van der Waals surface area (Å²) < 4.78 is 4.39. The first kappa shape index (κ1) is 14.3. The maximum atomic E-state index is 11.1. The fourth-order valence-electron chi connectivity index (χ4n) is 0.539. The molecule has 0 bridgehead atoms. The number of ketones is 2. The highest BCUT2D eigenvalue weighted by Gasteiger charge is 2.26. The molecule has 0 unspecified atom stereocenters.